The Kier molecular flexibility index (Phi) is 6.68. The second kappa shape index (κ2) is 8.51. The van der Waals surface area contributed by atoms with Gasteiger partial charge in [-0.05, 0) is 31.4 Å². The summed E-state index contributed by atoms with van der Waals surface area (Å²) in [6.45, 7) is 4.34. The van der Waals surface area contributed by atoms with Crippen LogP contribution in [-0.4, -0.2) is 43.6 Å². The average molecular weight is 325 g/mol. The van der Waals surface area contributed by atoms with E-state index in [2.05, 4.69) is 17.4 Å². The minimum absolute atomic E-state index is 0. The zero-order valence-electron chi connectivity index (χ0n) is 12.9. The van der Waals surface area contributed by atoms with Crippen LogP contribution in [-0.2, 0) is 9.53 Å². The van der Waals surface area contributed by atoms with Crippen molar-refractivity contribution in [3.05, 3.63) is 35.9 Å². The topological polar surface area (TPSA) is 41.6 Å². The van der Waals surface area contributed by atoms with Gasteiger partial charge < -0.3 is 15.0 Å². The Balaban J connectivity index is 0.00000176. The minimum Gasteiger partial charge on any atom is -0.373 e. The van der Waals surface area contributed by atoms with Crippen LogP contribution in [0.4, 0.5) is 0 Å². The number of hydrogen-bond donors (Lipinski definition) is 1. The van der Waals surface area contributed by atoms with Gasteiger partial charge in [-0.25, -0.2) is 0 Å². The van der Waals surface area contributed by atoms with E-state index >= 15 is 0 Å². The van der Waals surface area contributed by atoms with Crippen molar-refractivity contribution < 1.29 is 9.53 Å². The van der Waals surface area contributed by atoms with Crippen LogP contribution in [0.5, 0.6) is 0 Å². The van der Waals surface area contributed by atoms with Gasteiger partial charge in [-0.3, -0.25) is 4.79 Å². The highest BCUT2D eigenvalue weighted by molar-refractivity contribution is 5.85. The smallest absolute Gasteiger partial charge is 0.228 e. The van der Waals surface area contributed by atoms with Crippen molar-refractivity contribution in [3.63, 3.8) is 0 Å². The van der Waals surface area contributed by atoms with Crippen molar-refractivity contribution in [2.75, 3.05) is 32.8 Å². The molecule has 5 heteroatoms. The van der Waals surface area contributed by atoms with Gasteiger partial charge in [0.2, 0.25) is 5.91 Å². The Morgan fingerprint density at radius 1 is 1.14 bits per heavy atom. The van der Waals surface area contributed by atoms with Crippen molar-refractivity contribution >= 4 is 18.3 Å². The molecule has 4 nitrogen and oxygen atoms in total. The Bertz CT molecular complexity index is 461. The summed E-state index contributed by atoms with van der Waals surface area (Å²) in [6.07, 6.45) is 2.87. The summed E-state index contributed by atoms with van der Waals surface area (Å²) in [5.41, 5.74) is 1.13. The number of ether oxygens (including phenoxy) is 1. The number of nitrogens with zero attached hydrogens (tertiary/aromatic N) is 1. The second-order valence-corrected chi connectivity index (χ2v) is 5.88. The van der Waals surface area contributed by atoms with E-state index in [1.54, 1.807) is 0 Å². The maximum atomic E-state index is 12.9. The first-order chi connectivity index (χ1) is 10.4. The Hall–Kier alpha value is -1.10. The number of benzene rings is 1. The highest BCUT2D eigenvalue weighted by atomic mass is 35.5. The minimum atomic E-state index is -0.0799. The van der Waals surface area contributed by atoms with Gasteiger partial charge in [-0.1, -0.05) is 30.3 Å². The van der Waals surface area contributed by atoms with Gasteiger partial charge in [0.15, 0.2) is 0 Å². The SMILES string of the molecule is Cl.O=C(C1CCCOC1c1ccccc1)N1CCCNCC1. The molecule has 1 N–H and O–H groups in total. The van der Waals surface area contributed by atoms with Gasteiger partial charge in [-0.15, -0.1) is 12.4 Å². The number of rotatable bonds is 2. The molecule has 22 heavy (non-hydrogen) atoms. The molecule has 2 aliphatic heterocycles. The third-order valence-electron chi connectivity index (χ3n) is 4.42. The molecule has 3 rings (SSSR count). The lowest BCUT2D eigenvalue weighted by Gasteiger charge is -2.34. The monoisotopic (exact) mass is 324 g/mol. The summed E-state index contributed by atoms with van der Waals surface area (Å²) in [5.74, 6) is 0.242. The van der Waals surface area contributed by atoms with E-state index in [0.717, 1.165) is 57.6 Å². The zero-order valence-corrected chi connectivity index (χ0v) is 13.7. The maximum absolute atomic E-state index is 12.9. The first-order valence-corrected chi connectivity index (χ1v) is 8.02. The lowest BCUT2D eigenvalue weighted by Crippen LogP contribution is -2.42. The molecule has 1 aromatic carbocycles. The van der Waals surface area contributed by atoms with Crippen LogP contribution in [0.3, 0.4) is 0 Å². The molecule has 0 aliphatic carbocycles. The standard InChI is InChI=1S/C17H24N2O2.ClH/c20-17(19-11-5-9-18-10-12-19)15-8-4-13-21-16(15)14-6-2-1-3-7-14;/h1-3,6-7,15-16,18H,4-5,8-13H2;1H. The summed E-state index contributed by atoms with van der Waals surface area (Å²) in [5, 5.41) is 3.35. The quantitative estimate of drug-likeness (QED) is 0.908. The molecule has 2 saturated heterocycles. The van der Waals surface area contributed by atoms with E-state index in [-0.39, 0.29) is 30.3 Å². The van der Waals surface area contributed by atoms with Gasteiger partial charge in [0, 0.05) is 26.2 Å². The summed E-state index contributed by atoms with van der Waals surface area (Å²) in [6, 6.07) is 10.2. The van der Waals surface area contributed by atoms with Crippen LogP contribution in [0.15, 0.2) is 30.3 Å². The number of amides is 1. The molecule has 0 bridgehead atoms. The molecule has 122 valence electrons. The summed E-state index contributed by atoms with van der Waals surface area (Å²) < 4.78 is 5.96. The number of carbonyl (C=O) groups excluding carboxylic acids is 1. The van der Waals surface area contributed by atoms with Gasteiger partial charge >= 0.3 is 0 Å². The third-order valence-corrected chi connectivity index (χ3v) is 4.42. The molecule has 2 unspecified atom stereocenters. The number of nitrogens with one attached hydrogen (secondary N) is 1. The Morgan fingerprint density at radius 2 is 1.95 bits per heavy atom. The summed E-state index contributed by atoms with van der Waals surface area (Å²) in [7, 11) is 0. The molecule has 2 aliphatic rings. The average Bonchev–Trinajstić information content (AvgIpc) is 2.84. The van der Waals surface area contributed by atoms with Crippen molar-refractivity contribution in [1.82, 2.24) is 10.2 Å². The molecule has 1 amide bonds. The first-order valence-electron chi connectivity index (χ1n) is 8.02. The summed E-state index contributed by atoms with van der Waals surface area (Å²) >= 11 is 0. The molecule has 0 aromatic heterocycles. The molecule has 2 atom stereocenters. The van der Waals surface area contributed by atoms with E-state index in [1.165, 1.54) is 0 Å². The van der Waals surface area contributed by atoms with E-state index in [9.17, 15) is 4.79 Å². The molecule has 0 radical (unpaired) electrons. The predicted molar refractivity (Wildman–Crippen MR) is 89.2 cm³/mol. The van der Waals surface area contributed by atoms with Gasteiger partial charge in [-0.2, -0.15) is 0 Å². The molecular formula is C17H25ClN2O2. The van der Waals surface area contributed by atoms with Crippen LogP contribution in [0.1, 0.15) is 30.9 Å². The van der Waals surface area contributed by atoms with E-state index in [4.69, 9.17) is 4.74 Å². The van der Waals surface area contributed by atoms with Crippen LogP contribution < -0.4 is 5.32 Å². The fraction of sp³-hybridized carbons (Fsp3) is 0.588. The predicted octanol–water partition coefficient (Wildman–Crippen LogP) is 2.40. The molecule has 1 aromatic rings. The zero-order chi connectivity index (χ0) is 14.5. The lowest BCUT2D eigenvalue weighted by atomic mass is 9.88. The normalized spacial score (nSPS) is 25.9. The molecule has 0 saturated carbocycles. The van der Waals surface area contributed by atoms with Gasteiger partial charge in [0.05, 0.1) is 12.0 Å². The van der Waals surface area contributed by atoms with E-state index in [1.807, 2.05) is 23.1 Å². The largest absolute Gasteiger partial charge is 0.373 e. The highest BCUT2D eigenvalue weighted by Crippen LogP contribution is 2.34. The fourth-order valence-electron chi connectivity index (χ4n) is 3.31. The second-order valence-electron chi connectivity index (χ2n) is 5.88. The highest BCUT2D eigenvalue weighted by Gasteiger charge is 2.35. The van der Waals surface area contributed by atoms with Crippen molar-refractivity contribution in [1.29, 1.82) is 0 Å². The van der Waals surface area contributed by atoms with Gasteiger partial charge in [0.25, 0.3) is 0 Å². The van der Waals surface area contributed by atoms with Crippen LogP contribution in [0.2, 0.25) is 0 Å². The van der Waals surface area contributed by atoms with Crippen molar-refractivity contribution in [2.45, 2.75) is 25.4 Å². The van der Waals surface area contributed by atoms with Crippen LogP contribution >= 0.6 is 12.4 Å². The van der Waals surface area contributed by atoms with Crippen molar-refractivity contribution in [2.24, 2.45) is 5.92 Å². The van der Waals surface area contributed by atoms with Crippen LogP contribution in [0.25, 0.3) is 0 Å². The molecule has 2 heterocycles. The third kappa shape index (κ3) is 4.00. The molecule has 0 spiro atoms. The number of halogens is 1. The van der Waals surface area contributed by atoms with Crippen LogP contribution in [0, 0.1) is 5.92 Å². The first kappa shape index (κ1) is 17.3. The number of hydrogen-bond acceptors (Lipinski definition) is 3. The van der Waals surface area contributed by atoms with E-state index in [0.29, 0.717) is 0 Å². The Labute approximate surface area is 138 Å². The molecular weight excluding hydrogens is 300 g/mol. The molecule has 2 fully saturated rings. The fourth-order valence-corrected chi connectivity index (χ4v) is 3.31. The maximum Gasteiger partial charge on any atom is 0.228 e. The Morgan fingerprint density at radius 3 is 2.77 bits per heavy atom. The van der Waals surface area contributed by atoms with Crippen molar-refractivity contribution in [3.8, 4) is 0 Å². The van der Waals surface area contributed by atoms with Gasteiger partial charge in [0.1, 0.15) is 0 Å². The number of carbonyl (C=O) groups is 1. The summed E-state index contributed by atoms with van der Waals surface area (Å²) in [4.78, 5) is 14.9. The van der Waals surface area contributed by atoms with E-state index < -0.39 is 0 Å². The lowest BCUT2D eigenvalue weighted by molar-refractivity contribution is -0.145.